The van der Waals surface area contributed by atoms with Gasteiger partial charge in [-0.2, -0.15) is 4.31 Å². The van der Waals surface area contributed by atoms with Crippen LogP contribution < -0.4 is 0 Å². The fraction of sp³-hybridized carbons (Fsp3) is 0.211. The molecule has 0 N–H and O–H groups in total. The summed E-state index contributed by atoms with van der Waals surface area (Å²) in [5.74, 6) is 0. The van der Waals surface area contributed by atoms with Crippen molar-refractivity contribution in [2.24, 2.45) is 0 Å². The number of sulfonamides is 1. The molecule has 4 nitrogen and oxygen atoms in total. The molecule has 5 heteroatoms. The molecule has 0 radical (unpaired) electrons. The zero-order valence-electron chi connectivity index (χ0n) is 13.2. The second-order valence-electron chi connectivity index (χ2n) is 6.06. The van der Waals surface area contributed by atoms with Crippen molar-refractivity contribution < 1.29 is 8.42 Å². The molecule has 1 atom stereocenters. The topological polar surface area (TPSA) is 50.3 Å². The molecule has 0 spiro atoms. The number of nitrogens with zero attached hydrogens (tertiary/aromatic N) is 2. The molecular formula is C19H18N2O2S. The van der Waals surface area contributed by atoms with Crippen molar-refractivity contribution >= 4 is 20.8 Å². The van der Waals surface area contributed by atoms with Crippen molar-refractivity contribution in [3.63, 3.8) is 0 Å². The third kappa shape index (κ3) is 2.60. The summed E-state index contributed by atoms with van der Waals surface area (Å²) in [7, 11) is -3.51. The fourth-order valence-electron chi connectivity index (χ4n) is 3.41. The smallest absolute Gasteiger partial charge is 0.243 e. The lowest BCUT2D eigenvalue weighted by atomic mass is 10.1. The zero-order valence-corrected chi connectivity index (χ0v) is 14.0. The van der Waals surface area contributed by atoms with E-state index in [4.69, 9.17) is 0 Å². The van der Waals surface area contributed by atoms with Crippen LogP contribution in [0, 0.1) is 0 Å². The summed E-state index contributed by atoms with van der Waals surface area (Å²) in [6.07, 6.45) is 5.15. The normalized spacial score (nSPS) is 18.9. The van der Waals surface area contributed by atoms with Crippen LogP contribution >= 0.6 is 0 Å². The predicted molar refractivity (Wildman–Crippen MR) is 94.1 cm³/mol. The van der Waals surface area contributed by atoms with E-state index >= 15 is 0 Å². The average molecular weight is 338 g/mol. The Morgan fingerprint density at radius 3 is 2.50 bits per heavy atom. The lowest BCUT2D eigenvalue weighted by molar-refractivity contribution is 0.396. The van der Waals surface area contributed by atoms with Crippen LogP contribution in [0.4, 0.5) is 0 Å². The van der Waals surface area contributed by atoms with Crippen LogP contribution in [-0.4, -0.2) is 24.3 Å². The summed E-state index contributed by atoms with van der Waals surface area (Å²) in [6, 6.07) is 16.9. The maximum Gasteiger partial charge on any atom is 0.243 e. The standard InChI is InChI=1S/C19H18N2O2S/c22-24(23,18-8-7-15-4-1-2-5-17(15)14-18)21-13-3-6-19(21)16-9-11-20-12-10-16/h1-2,4-5,7-12,14,19H,3,6,13H2/t19-/m1/s1. The fourth-order valence-corrected chi connectivity index (χ4v) is 5.13. The first kappa shape index (κ1) is 15.3. The largest absolute Gasteiger partial charge is 0.265 e. The first-order valence-electron chi connectivity index (χ1n) is 8.07. The van der Waals surface area contributed by atoms with E-state index in [9.17, 15) is 8.42 Å². The van der Waals surface area contributed by atoms with Gasteiger partial charge in [-0.25, -0.2) is 8.42 Å². The minimum absolute atomic E-state index is 0.107. The first-order valence-corrected chi connectivity index (χ1v) is 9.51. The molecule has 0 unspecified atom stereocenters. The highest BCUT2D eigenvalue weighted by molar-refractivity contribution is 7.89. The predicted octanol–water partition coefficient (Wildman–Crippen LogP) is 3.76. The Hall–Kier alpha value is -2.24. The minimum atomic E-state index is -3.51. The van der Waals surface area contributed by atoms with Crippen LogP contribution in [0.15, 0.2) is 71.9 Å². The van der Waals surface area contributed by atoms with Gasteiger partial charge >= 0.3 is 0 Å². The van der Waals surface area contributed by atoms with Gasteiger partial charge in [0, 0.05) is 18.9 Å². The molecule has 1 saturated heterocycles. The second-order valence-corrected chi connectivity index (χ2v) is 7.95. The summed E-state index contributed by atoms with van der Waals surface area (Å²) in [4.78, 5) is 4.39. The Balaban J connectivity index is 1.75. The van der Waals surface area contributed by atoms with Crippen LogP contribution in [0.3, 0.4) is 0 Å². The third-order valence-corrected chi connectivity index (χ3v) is 6.53. The van der Waals surface area contributed by atoms with Gasteiger partial charge in [0.15, 0.2) is 0 Å². The molecule has 4 rings (SSSR count). The van der Waals surface area contributed by atoms with E-state index in [-0.39, 0.29) is 6.04 Å². The van der Waals surface area contributed by atoms with E-state index in [2.05, 4.69) is 4.98 Å². The van der Waals surface area contributed by atoms with E-state index < -0.39 is 10.0 Å². The molecule has 1 fully saturated rings. The second kappa shape index (κ2) is 6.00. The van der Waals surface area contributed by atoms with Gasteiger partial charge in [-0.1, -0.05) is 30.3 Å². The molecule has 0 aliphatic carbocycles. The molecule has 2 aromatic carbocycles. The summed E-state index contributed by atoms with van der Waals surface area (Å²) < 4.78 is 28.0. The van der Waals surface area contributed by atoms with Crippen molar-refractivity contribution in [2.75, 3.05) is 6.54 Å². The lowest BCUT2D eigenvalue weighted by Gasteiger charge is -2.24. The molecule has 24 heavy (non-hydrogen) atoms. The highest BCUT2D eigenvalue weighted by atomic mass is 32.2. The number of aromatic nitrogens is 1. The maximum atomic E-state index is 13.2. The highest BCUT2D eigenvalue weighted by Gasteiger charge is 2.36. The van der Waals surface area contributed by atoms with Gasteiger partial charge in [-0.3, -0.25) is 4.98 Å². The van der Waals surface area contributed by atoms with Crippen molar-refractivity contribution in [3.05, 3.63) is 72.6 Å². The summed E-state index contributed by atoms with van der Waals surface area (Å²) >= 11 is 0. The number of hydrogen-bond acceptors (Lipinski definition) is 3. The molecule has 0 bridgehead atoms. The molecule has 1 aromatic heterocycles. The Morgan fingerprint density at radius 1 is 0.958 bits per heavy atom. The van der Waals surface area contributed by atoms with Gasteiger partial charge in [0.05, 0.1) is 10.9 Å². The van der Waals surface area contributed by atoms with E-state index in [1.54, 1.807) is 28.8 Å². The first-order chi connectivity index (χ1) is 11.7. The molecular weight excluding hydrogens is 320 g/mol. The zero-order chi connectivity index (χ0) is 16.6. The Labute approximate surface area is 141 Å². The van der Waals surface area contributed by atoms with Gasteiger partial charge in [0.25, 0.3) is 0 Å². The highest BCUT2D eigenvalue weighted by Crippen LogP contribution is 2.36. The van der Waals surface area contributed by atoms with Gasteiger partial charge < -0.3 is 0 Å². The van der Waals surface area contributed by atoms with Gasteiger partial charge in [-0.05, 0) is 53.4 Å². The number of hydrogen-bond donors (Lipinski definition) is 0. The Bertz CT molecular complexity index is 971. The minimum Gasteiger partial charge on any atom is -0.265 e. The van der Waals surface area contributed by atoms with E-state index in [1.165, 1.54) is 0 Å². The van der Waals surface area contributed by atoms with E-state index in [1.807, 2.05) is 42.5 Å². The average Bonchev–Trinajstić information content (AvgIpc) is 3.13. The molecule has 0 saturated carbocycles. The molecule has 1 aliphatic heterocycles. The third-order valence-electron chi connectivity index (χ3n) is 4.62. The van der Waals surface area contributed by atoms with Crippen molar-refractivity contribution in [1.29, 1.82) is 0 Å². The maximum absolute atomic E-state index is 13.2. The van der Waals surface area contributed by atoms with Crippen molar-refractivity contribution in [3.8, 4) is 0 Å². The van der Waals surface area contributed by atoms with Gasteiger partial charge in [-0.15, -0.1) is 0 Å². The van der Waals surface area contributed by atoms with Gasteiger partial charge in [0.2, 0.25) is 10.0 Å². The van der Waals surface area contributed by atoms with E-state index in [0.717, 1.165) is 29.2 Å². The quantitative estimate of drug-likeness (QED) is 0.730. The van der Waals surface area contributed by atoms with Crippen LogP contribution in [0.2, 0.25) is 0 Å². The number of benzene rings is 2. The molecule has 0 amide bonds. The van der Waals surface area contributed by atoms with Crippen LogP contribution in [0.25, 0.3) is 10.8 Å². The van der Waals surface area contributed by atoms with Crippen molar-refractivity contribution in [2.45, 2.75) is 23.8 Å². The monoisotopic (exact) mass is 338 g/mol. The summed E-state index contributed by atoms with van der Waals surface area (Å²) in [5.41, 5.74) is 1.01. The molecule has 2 heterocycles. The molecule has 3 aromatic rings. The summed E-state index contributed by atoms with van der Waals surface area (Å²) in [6.45, 7) is 0.558. The van der Waals surface area contributed by atoms with E-state index in [0.29, 0.717) is 11.4 Å². The van der Waals surface area contributed by atoms with Crippen LogP contribution in [0.1, 0.15) is 24.4 Å². The van der Waals surface area contributed by atoms with Crippen molar-refractivity contribution in [1.82, 2.24) is 9.29 Å². The number of fused-ring (bicyclic) bond motifs is 1. The molecule has 122 valence electrons. The lowest BCUT2D eigenvalue weighted by Crippen LogP contribution is -2.30. The Kier molecular flexibility index (Phi) is 3.82. The Morgan fingerprint density at radius 2 is 1.71 bits per heavy atom. The number of pyridine rings is 1. The van der Waals surface area contributed by atoms with Crippen LogP contribution in [0.5, 0.6) is 0 Å². The summed E-state index contributed by atoms with van der Waals surface area (Å²) in [5, 5.41) is 1.99. The van der Waals surface area contributed by atoms with Crippen LogP contribution in [-0.2, 0) is 10.0 Å². The SMILES string of the molecule is O=S(=O)(c1ccc2ccccc2c1)N1CCC[C@@H]1c1ccncc1. The molecule has 1 aliphatic rings. The number of rotatable bonds is 3. The van der Waals surface area contributed by atoms with Gasteiger partial charge in [0.1, 0.15) is 0 Å².